The fraction of sp³-hybridized carbons (Fsp3) is 0.350. The molecule has 134 valence electrons. The van der Waals surface area contributed by atoms with Gasteiger partial charge >= 0.3 is 0 Å². The summed E-state index contributed by atoms with van der Waals surface area (Å²) in [6.07, 6.45) is 0.904. The van der Waals surface area contributed by atoms with E-state index in [2.05, 4.69) is 29.4 Å². The third kappa shape index (κ3) is 6.57. The normalized spacial score (nSPS) is 12.8. The first-order valence-corrected chi connectivity index (χ1v) is 8.51. The van der Waals surface area contributed by atoms with E-state index < -0.39 is 0 Å². The smallest absolute Gasteiger partial charge is 0.193 e. The maximum atomic E-state index is 5.96. The lowest BCUT2D eigenvalue weighted by Gasteiger charge is -2.13. The molecule has 0 aliphatic heterocycles. The second kappa shape index (κ2) is 10.5. The van der Waals surface area contributed by atoms with E-state index >= 15 is 0 Å². The molecule has 0 amide bonds. The largest absolute Gasteiger partial charge is 0.380 e. The minimum Gasteiger partial charge on any atom is -0.380 e. The predicted molar refractivity (Wildman–Crippen MR) is 103 cm³/mol. The van der Waals surface area contributed by atoms with Gasteiger partial charge in [0.25, 0.3) is 0 Å². The first-order valence-electron chi connectivity index (χ1n) is 8.51. The highest BCUT2D eigenvalue weighted by Gasteiger charge is 2.04. The van der Waals surface area contributed by atoms with Crippen LogP contribution in [-0.2, 0) is 16.1 Å². The number of rotatable bonds is 9. The van der Waals surface area contributed by atoms with Crippen LogP contribution in [0.2, 0.25) is 0 Å². The van der Waals surface area contributed by atoms with E-state index in [0.717, 1.165) is 17.7 Å². The summed E-state index contributed by atoms with van der Waals surface area (Å²) < 4.78 is 11.0. The van der Waals surface area contributed by atoms with Crippen molar-refractivity contribution >= 4 is 11.6 Å². The molecule has 2 rings (SSSR count). The molecule has 0 aromatic heterocycles. The molecule has 3 N–H and O–H groups in total. The Bertz CT molecular complexity index is 659. The summed E-state index contributed by atoms with van der Waals surface area (Å²) in [5.74, 6) is 0.402. The zero-order valence-electron chi connectivity index (χ0n) is 14.9. The number of anilines is 1. The lowest BCUT2D eigenvalue weighted by Crippen LogP contribution is -2.23. The standard InChI is InChI=1S/C20H27N3O2/c1-16(17-9-4-3-5-10-17)25-14-8-13-22-20(21)23-19-12-7-6-11-18(19)15-24-2/h3-7,9-12,16H,8,13-15H2,1-2H3,(H3,21,22,23). The van der Waals surface area contributed by atoms with Crippen molar-refractivity contribution in [3.63, 3.8) is 0 Å². The Balaban J connectivity index is 1.73. The van der Waals surface area contributed by atoms with Crippen LogP contribution in [0.4, 0.5) is 5.69 Å². The summed E-state index contributed by atoms with van der Waals surface area (Å²) in [6, 6.07) is 18.1. The number of para-hydroxylation sites is 1. The molecule has 0 aliphatic rings. The van der Waals surface area contributed by atoms with E-state index in [-0.39, 0.29) is 6.10 Å². The van der Waals surface area contributed by atoms with Crippen LogP contribution in [0, 0.1) is 0 Å². The number of ether oxygens (including phenoxy) is 2. The van der Waals surface area contributed by atoms with Gasteiger partial charge in [-0.05, 0) is 25.0 Å². The van der Waals surface area contributed by atoms with Crippen LogP contribution in [0.25, 0.3) is 0 Å². The Morgan fingerprint density at radius 1 is 1.12 bits per heavy atom. The zero-order valence-corrected chi connectivity index (χ0v) is 14.9. The number of nitrogens with one attached hydrogen (secondary N) is 1. The second-order valence-electron chi connectivity index (χ2n) is 5.76. The molecule has 0 radical (unpaired) electrons. The van der Waals surface area contributed by atoms with Gasteiger partial charge in [-0.25, -0.2) is 0 Å². The van der Waals surface area contributed by atoms with E-state index in [1.54, 1.807) is 7.11 Å². The van der Waals surface area contributed by atoms with Crippen molar-refractivity contribution in [1.29, 1.82) is 0 Å². The second-order valence-corrected chi connectivity index (χ2v) is 5.76. The molecular weight excluding hydrogens is 314 g/mol. The molecule has 1 atom stereocenters. The van der Waals surface area contributed by atoms with Crippen molar-refractivity contribution in [2.24, 2.45) is 10.7 Å². The number of nitrogens with zero attached hydrogens (tertiary/aromatic N) is 1. The topological polar surface area (TPSA) is 68.9 Å². The van der Waals surface area contributed by atoms with Gasteiger partial charge in [0, 0.05) is 31.5 Å². The van der Waals surface area contributed by atoms with Crippen LogP contribution in [0.1, 0.15) is 30.6 Å². The summed E-state index contributed by atoms with van der Waals surface area (Å²) >= 11 is 0. The molecule has 0 bridgehead atoms. The maximum absolute atomic E-state index is 5.96. The summed E-state index contributed by atoms with van der Waals surface area (Å²) in [4.78, 5) is 4.35. The van der Waals surface area contributed by atoms with Crippen LogP contribution in [0.5, 0.6) is 0 Å². The number of hydrogen-bond donors (Lipinski definition) is 2. The number of nitrogens with two attached hydrogens (primary N) is 1. The summed E-state index contributed by atoms with van der Waals surface area (Å²) in [5, 5.41) is 3.13. The van der Waals surface area contributed by atoms with Gasteiger partial charge in [-0.3, -0.25) is 4.99 Å². The van der Waals surface area contributed by atoms with Crippen LogP contribution in [0.15, 0.2) is 59.6 Å². The quantitative estimate of drug-likeness (QED) is 0.414. The highest BCUT2D eigenvalue weighted by atomic mass is 16.5. The van der Waals surface area contributed by atoms with Gasteiger partial charge in [0.1, 0.15) is 0 Å². The Labute approximate surface area is 149 Å². The molecule has 0 fully saturated rings. The number of methoxy groups -OCH3 is 1. The van der Waals surface area contributed by atoms with Gasteiger partial charge in [0.15, 0.2) is 5.96 Å². The number of guanidine groups is 1. The molecule has 0 saturated carbocycles. The third-order valence-corrected chi connectivity index (χ3v) is 3.80. The van der Waals surface area contributed by atoms with E-state index in [9.17, 15) is 0 Å². The Kier molecular flexibility index (Phi) is 7.95. The van der Waals surface area contributed by atoms with Gasteiger partial charge in [-0.15, -0.1) is 0 Å². The van der Waals surface area contributed by atoms with Crippen molar-refractivity contribution in [2.75, 3.05) is 25.6 Å². The molecule has 1 unspecified atom stereocenters. The molecule has 25 heavy (non-hydrogen) atoms. The molecule has 0 spiro atoms. The van der Waals surface area contributed by atoms with E-state index in [0.29, 0.717) is 25.7 Å². The van der Waals surface area contributed by atoms with Crippen molar-refractivity contribution in [1.82, 2.24) is 0 Å². The summed E-state index contributed by atoms with van der Waals surface area (Å²) in [7, 11) is 1.67. The SMILES string of the molecule is COCc1ccccc1NC(N)=NCCCOC(C)c1ccccc1. The molecule has 0 saturated heterocycles. The van der Waals surface area contributed by atoms with Gasteiger partial charge in [0.05, 0.1) is 12.7 Å². The average molecular weight is 341 g/mol. The van der Waals surface area contributed by atoms with Crippen molar-refractivity contribution in [3.05, 3.63) is 65.7 Å². The monoisotopic (exact) mass is 341 g/mol. The fourth-order valence-electron chi connectivity index (χ4n) is 2.45. The highest BCUT2D eigenvalue weighted by Crippen LogP contribution is 2.16. The Morgan fingerprint density at radius 3 is 2.60 bits per heavy atom. The Morgan fingerprint density at radius 2 is 1.84 bits per heavy atom. The van der Waals surface area contributed by atoms with Gasteiger partial charge < -0.3 is 20.5 Å². The van der Waals surface area contributed by atoms with Crippen LogP contribution < -0.4 is 11.1 Å². The summed E-state index contributed by atoms with van der Waals surface area (Å²) in [5.41, 5.74) is 9.10. The predicted octanol–water partition coefficient (Wildman–Crippen LogP) is 3.73. The van der Waals surface area contributed by atoms with Crippen LogP contribution in [-0.4, -0.2) is 26.2 Å². The first-order chi connectivity index (χ1) is 12.2. The molecule has 0 aliphatic carbocycles. The van der Waals surface area contributed by atoms with Crippen LogP contribution in [0.3, 0.4) is 0 Å². The number of hydrogen-bond acceptors (Lipinski definition) is 3. The van der Waals surface area contributed by atoms with Gasteiger partial charge in [0.2, 0.25) is 0 Å². The molecular formula is C20H27N3O2. The fourth-order valence-corrected chi connectivity index (χ4v) is 2.45. The maximum Gasteiger partial charge on any atom is 0.193 e. The highest BCUT2D eigenvalue weighted by molar-refractivity contribution is 5.92. The first kappa shape index (κ1) is 19.0. The number of aliphatic imine (C=N–C) groups is 1. The molecule has 0 heterocycles. The molecule has 5 heteroatoms. The summed E-state index contributed by atoms with van der Waals surface area (Å²) in [6.45, 7) is 3.85. The van der Waals surface area contributed by atoms with Crippen molar-refractivity contribution < 1.29 is 9.47 Å². The van der Waals surface area contributed by atoms with Crippen molar-refractivity contribution in [3.8, 4) is 0 Å². The molecule has 5 nitrogen and oxygen atoms in total. The zero-order chi connectivity index (χ0) is 17.9. The lowest BCUT2D eigenvalue weighted by atomic mass is 10.1. The minimum atomic E-state index is 0.0848. The number of benzene rings is 2. The van der Waals surface area contributed by atoms with Crippen molar-refractivity contribution in [2.45, 2.75) is 26.1 Å². The van der Waals surface area contributed by atoms with E-state index in [1.807, 2.05) is 42.5 Å². The van der Waals surface area contributed by atoms with Gasteiger partial charge in [-0.2, -0.15) is 0 Å². The Hall–Kier alpha value is -2.37. The average Bonchev–Trinajstić information content (AvgIpc) is 2.64. The lowest BCUT2D eigenvalue weighted by molar-refractivity contribution is 0.0652. The van der Waals surface area contributed by atoms with E-state index in [4.69, 9.17) is 15.2 Å². The van der Waals surface area contributed by atoms with Gasteiger partial charge in [-0.1, -0.05) is 48.5 Å². The molecule has 2 aromatic carbocycles. The minimum absolute atomic E-state index is 0.0848. The van der Waals surface area contributed by atoms with E-state index in [1.165, 1.54) is 5.56 Å². The molecule has 2 aromatic rings. The van der Waals surface area contributed by atoms with Crippen LogP contribution >= 0.6 is 0 Å². The third-order valence-electron chi connectivity index (χ3n) is 3.80.